The third-order valence-corrected chi connectivity index (χ3v) is 6.98. The quantitative estimate of drug-likeness (QED) is 0.242. The average molecular weight is 636 g/mol. The lowest BCUT2D eigenvalue weighted by molar-refractivity contribution is -0.137. The Balaban J connectivity index is 1.78. The van der Waals surface area contributed by atoms with E-state index in [9.17, 15) is 14.4 Å². The van der Waals surface area contributed by atoms with Crippen molar-refractivity contribution in [2.45, 2.75) is 65.7 Å². The largest absolute Gasteiger partial charge is 0.481 e. The van der Waals surface area contributed by atoms with Gasteiger partial charge in [-0.3, -0.25) is 19.7 Å². The maximum atomic E-state index is 13.8. The fourth-order valence-corrected chi connectivity index (χ4v) is 5.38. The molecule has 0 aromatic heterocycles. The molecule has 2 unspecified atom stereocenters. The van der Waals surface area contributed by atoms with Gasteiger partial charge in [-0.25, -0.2) is 0 Å². The van der Waals surface area contributed by atoms with E-state index in [0.717, 1.165) is 20.3 Å². The van der Waals surface area contributed by atoms with E-state index in [4.69, 9.17) is 9.84 Å². The van der Waals surface area contributed by atoms with Crippen molar-refractivity contribution in [3.63, 3.8) is 0 Å². The minimum absolute atomic E-state index is 0.00946. The smallest absolute Gasteiger partial charge is 0.305 e. The van der Waals surface area contributed by atoms with Crippen LogP contribution < -0.4 is 10.6 Å². The Kier molecular flexibility index (Phi) is 10.3. The van der Waals surface area contributed by atoms with E-state index in [0.29, 0.717) is 25.2 Å². The number of carboxylic acids is 1. The third kappa shape index (κ3) is 8.25. The molecule has 0 aliphatic carbocycles. The molecule has 3 rings (SSSR count). The zero-order chi connectivity index (χ0) is 28.0. The van der Waals surface area contributed by atoms with Crippen LogP contribution in [0.15, 0.2) is 42.5 Å². The number of benzene rings is 2. The molecule has 3 atom stereocenters. The number of carboxylic acid groups (broad SMARTS) is 1. The summed E-state index contributed by atoms with van der Waals surface area (Å²) in [6, 6.07) is 12.6. The summed E-state index contributed by atoms with van der Waals surface area (Å²) in [5.41, 5.74) is 3.46. The third-order valence-electron chi connectivity index (χ3n) is 6.36. The second kappa shape index (κ2) is 13.0. The summed E-state index contributed by atoms with van der Waals surface area (Å²) in [5, 5.41) is 14.9. The average Bonchev–Trinajstić information content (AvgIpc) is 3.16. The topological polar surface area (TPSA) is 108 Å². The van der Waals surface area contributed by atoms with Gasteiger partial charge >= 0.3 is 5.97 Å². The summed E-state index contributed by atoms with van der Waals surface area (Å²) in [5.74, 6) is -1.28. The molecule has 2 amide bonds. The van der Waals surface area contributed by atoms with Crippen LogP contribution in [0, 0.1) is 15.9 Å². The highest BCUT2D eigenvalue weighted by atomic mass is 127. The Morgan fingerprint density at radius 3 is 2.47 bits per heavy atom. The Labute approximate surface area is 238 Å². The molecule has 1 heterocycles. The summed E-state index contributed by atoms with van der Waals surface area (Å²) in [6.45, 7) is 11.6. The second-order valence-corrected chi connectivity index (χ2v) is 12.3. The van der Waals surface area contributed by atoms with Crippen LogP contribution >= 0.6 is 22.6 Å². The van der Waals surface area contributed by atoms with Crippen molar-refractivity contribution in [2.24, 2.45) is 5.41 Å². The fraction of sp³-hybridized carbons (Fsp3) is 0.483. The Bertz CT molecular complexity index is 1130. The SMILES string of the molecule is Cc1cc(I)cc(C2NC(CCOCC(C)(C)C)N([C@H](C)c3ccc(C(=O)NCCC(=O)O)cc3)C2=O)c1. The molecule has 1 aliphatic heterocycles. The molecule has 206 valence electrons. The van der Waals surface area contributed by atoms with E-state index in [1.807, 2.05) is 36.9 Å². The van der Waals surface area contributed by atoms with Gasteiger partial charge in [0.1, 0.15) is 6.04 Å². The molecule has 2 aromatic carbocycles. The summed E-state index contributed by atoms with van der Waals surface area (Å²) < 4.78 is 7.02. The summed E-state index contributed by atoms with van der Waals surface area (Å²) in [4.78, 5) is 38.7. The van der Waals surface area contributed by atoms with Gasteiger partial charge in [-0.05, 0) is 82.8 Å². The monoisotopic (exact) mass is 635 g/mol. The molecule has 2 aromatic rings. The number of nitrogens with one attached hydrogen (secondary N) is 2. The van der Waals surface area contributed by atoms with Crippen LogP contribution in [0.4, 0.5) is 0 Å². The first-order chi connectivity index (χ1) is 17.9. The molecule has 38 heavy (non-hydrogen) atoms. The van der Waals surface area contributed by atoms with Gasteiger partial charge in [0.05, 0.1) is 25.2 Å². The molecule has 1 aliphatic rings. The van der Waals surface area contributed by atoms with Gasteiger partial charge < -0.3 is 20.1 Å². The van der Waals surface area contributed by atoms with E-state index >= 15 is 0 Å². The van der Waals surface area contributed by atoms with Crippen LogP contribution in [0.1, 0.15) is 79.7 Å². The Morgan fingerprint density at radius 1 is 1.18 bits per heavy atom. The van der Waals surface area contributed by atoms with Gasteiger partial charge in [0.25, 0.3) is 5.91 Å². The highest BCUT2D eigenvalue weighted by Gasteiger charge is 2.42. The molecule has 1 saturated heterocycles. The zero-order valence-electron chi connectivity index (χ0n) is 22.7. The highest BCUT2D eigenvalue weighted by Crippen LogP contribution is 2.34. The standard InChI is InChI=1S/C29H38IN3O5/c1-18-14-22(16-23(30)15-18)26-28(37)33(24(32-26)11-13-38-17-29(3,4)5)19(2)20-6-8-21(9-7-20)27(36)31-12-10-25(34)35/h6-9,14-16,19,24,26,32H,10-13,17H2,1-5H3,(H,31,36)(H,34,35)/t19-,24?,26?/m1/s1. The van der Waals surface area contributed by atoms with Gasteiger partial charge in [-0.2, -0.15) is 0 Å². The molecule has 0 bridgehead atoms. The Hall–Kier alpha value is -2.50. The van der Waals surface area contributed by atoms with Crippen LogP contribution in [0.3, 0.4) is 0 Å². The first-order valence-electron chi connectivity index (χ1n) is 12.9. The van der Waals surface area contributed by atoms with Crippen molar-refractivity contribution in [3.05, 3.63) is 68.3 Å². The van der Waals surface area contributed by atoms with E-state index in [1.165, 1.54) is 0 Å². The number of aryl methyl sites for hydroxylation is 1. The van der Waals surface area contributed by atoms with Crippen molar-refractivity contribution in [1.29, 1.82) is 0 Å². The maximum Gasteiger partial charge on any atom is 0.305 e. The molecular formula is C29H38IN3O5. The zero-order valence-corrected chi connectivity index (χ0v) is 24.9. The van der Waals surface area contributed by atoms with Crippen molar-refractivity contribution < 1.29 is 24.2 Å². The number of halogens is 1. The van der Waals surface area contributed by atoms with Crippen LogP contribution in [0.25, 0.3) is 0 Å². The minimum atomic E-state index is -0.963. The molecule has 8 nitrogen and oxygen atoms in total. The van der Waals surface area contributed by atoms with Crippen molar-refractivity contribution >= 4 is 40.4 Å². The fourth-order valence-electron chi connectivity index (χ4n) is 4.53. The summed E-state index contributed by atoms with van der Waals surface area (Å²) in [6.07, 6.45) is 0.308. The number of hydrogen-bond acceptors (Lipinski definition) is 5. The number of hydrogen-bond donors (Lipinski definition) is 3. The van der Waals surface area contributed by atoms with Gasteiger partial charge in [-0.15, -0.1) is 0 Å². The molecule has 3 N–H and O–H groups in total. The number of carbonyl (C=O) groups is 3. The van der Waals surface area contributed by atoms with Crippen LogP contribution in [-0.4, -0.2) is 53.7 Å². The lowest BCUT2D eigenvalue weighted by atomic mass is 9.99. The number of ether oxygens (including phenoxy) is 1. The maximum absolute atomic E-state index is 13.8. The highest BCUT2D eigenvalue weighted by molar-refractivity contribution is 14.1. The minimum Gasteiger partial charge on any atom is -0.481 e. The molecular weight excluding hydrogens is 597 g/mol. The van der Waals surface area contributed by atoms with Crippen LogP contribution in [0.2, 0.25) is 0 Å². The predicted molar refractivity (Wildman–Crippen MR) is 155 cm³/mol. The van der Waals surface area contributed by atoms with Gasteiger partial charge in [0.15, 0.2) is 0 Å². The lowest BCUT2D eigenvalue weighted by Crippen LogP contribution is -2.40. The van der Waals surface area contributed by atoms with Gasteiger partial charge in [0.2, 0.25) is 5.91 Å². The first-order valence-corrected chi connectivity index (χ1v) is 14.0. The molecule has 0 radical (unpaired) electrons. The van der Waals surface area contributed by atoms with E-state index in [-0.39, 0.29) is 42.4 Å². The van der Waals surface area contributed by atoms with Gasteiger partial charge in [-0.1, -0.05) is 39.0 Å². The van der Waals surface area contributed by atoms with Crippen LogP contribution in [-0.2, 0) is 14.3 Å². The lowest BCUT2D eigenvalue weighted by Gasteiger charge is -2.31. The first kappa shape index (κ1) is 30.0. The van der Waals surface area contributed by atoms with E-state index in [2.05, 4.69) is 66.1 Å². The Morgan fingerprint density at radius 2 is 1.87 bits per heavy atom. The molecule has 0 spiro atoms. The van der Waals surface area contributed by atoms with E-state index in [1.54, 1.807) is 12.1 Å². The normalized spacial score (nSPS) is 18.5. The summed E-state index contributed by atoms with van der Waals surface area (Å²) in [7, 11) is 0. The van der Waals surface area contributed by atoms with Gasteiger partial charge in [0, 0.05) is 28.7 Å². The van der Waals surface area contributed by atoms with E-state index < -0.39 is 12.0 Å². The van der Waals surface area contributed by atoms with Crippen molar-refractivity contribution in [2.75, 3.05) is 19.8 Å². The number of rotatable bonds is 11. The number of carbonyl (C=O) groups excluding carboxylic acids is 2. The number of nitrogens with zero attached hydrogens (tertiary/aromatic N) is 1. The van der Waals surface area contributed by atoms with Crippen molar-refractivity contribution in [3.8, 4) is 0 Å². The summed E-state index contributed by atoms with van der Waals surface area (Å²) >= 11 is 2.28. The second-order valence-electron chi connectivity index (χ2n) is 11.0. The van der Waals surface area contributed by atoms with Crippen LogP contribution in [0.5, 0.6) is 0 Å². The van der Waals surface area contributed by atoms with Crippen molar-refractivity contribution in [1.82, 2.24) is 15.5 Å². The predicted octanol–water partition coefficient (Wildman–Crippen LogP) is 4.82. The molecule has 0 saturated carbocycles. The number of amides is 2. The molecule has 1 fully saturated rings. The molecule has 9 heteroatoms. The number of aliphatic carboxylic acids is 1.